The maximum absolute atomic E-state index is 3.98. The number of rotatable bonds is 5. The number of hydrogen-bond donors (Lipinski definition) is 2. The lowest BCUT2D eigenvalue weighted by atomic mass is 10.0. The van der Waals surface area contributed by atoms with Crippen LogP contribution in [0.5, 0.6) is 0 Å². The van der Waals surface area contributed by atoms with E-state index in [0.717, 1.165) is 6.54 Å². The standard InChI is InChI=1S/C18H19N3/c1-14(18-12-20-21-13-18)19-11-15-7-9-17(10-8-15)16-5-3-2-4-6-16/h2-10,12-14,19H,11H2,1H3,(H,20,21). The zero-order valence-corrected chi connectivity index (χ0v) is 12.1. The third-order valence-corrected chi connectivity index (χ3v) is 3.69. The van der Waals surface area contributed by atoms with Crippen LogP contribution in [-0.2, 0) is 6.54 Å². The van der Waals surface area contributed by atoms with Gasteiger partial charge in [-0.05, 0) is 23.6 Å². The topological polar surface area (TPSA) is 40.7 Å². The average Bonchev–Trinajstić information content (AvgIpc) is 3.08. The molecule has 0 aliphatic rings. The fourth-order valence-electron chi connectivity index (χ4n) is 2.33. The summed E-state index contributed by atoms with van der Waals surface area (Å²) in [6, 6.07) is 19.4. The van der Waals surface area contributed by atoms with Crippen LogP contribution in [0, 0.1) is 0 Å². The normalized spacial score (nSPS) is 12.2. The third kappa shape index (κ3) is 3.38. The Morgan fingerprint density at radius 2 is 1.71 bits per heavy atom. The van der Waals surface area contributed by atoms with Crippen molar-refractivity contribution >= 4 is 0 Å². The molecule has 0 saturated heterocycles. The lowest BCUT2D eigenvalue weighted by Crippen LogP contribution is -2.17. The van der Waals surface area contributed by atoms with Gasteiger partial charge in [-0.1, -0.05) is 54.6 Å². The van der Waals surface area contributed by atoms with E-state index in [1.807, 2.05) is 18.5 Å². The van der Waals surface area contributed by atoms with Gasteiger partial charge in [-0.2, -0.15) is 5.10 Å². The molecule has 1 atom stereocenters. The molecule has 2 aromatic carbocycles. The van der Waals surface area contributed by atoms with Gasteiger partial charge in [-0.3, -0.25) is 5.10 Å². The van der Waals surface area contributed by atoms with Crippen LogP contribution >= 0.6 is 0 Å². The summed E-state index contributed by atoms with van der Waals surface area (Å²) in [5.74, 6) is 0. The summed E-state index contributed by atoms with van der Waals surface area (Å²) in [4.78, 5) is 0. The van der Waals surface area contributed by atoms with Gasteiger partial charge >= 0.3 is 0 Å². The van der Waals surface area contributed by atoms with Crippen molar-refractivity contribution in [3.05, 3.63) is 78.1 Å². The molecule has 0 radical (unpaired) electrons. The van der Waals surface area contributed by atoms with Crippen molar-refractivity contribution in [3.8, 4) is 11.1 Å². The van der Waals surface area contributed by atoms with Crippen molar-refractivity contribution in [3.63, 3.8) is 0 Å². The summed E-state index contributed by atoms with van der Waals surface area (Å²) in [7, 11) is 0. The minimum atomic E-state index is 0.289. The van der Waals surface area contributed by atoms with Gasteiger partial charge < -0.3 is 5.32 Å². The number of aromatic nitrogens is 2. The Bertz CT molecular complexity index is 657. The number of aromatic amines is 1. The van der Waals surface area contributed by atoms with E-state index < -0.39 is 0 Å². The maximum Gasteiger partial charge on any atom is 0.0534 e. The average molecular weight is 277 g/mol. The highest BCUT2D eigenvalue weighted by molar-refractivity contribution is 5.63. The molecule has 21 heavy (non-hydrogen) atoms. The van der Waals surface area contributed by atoms with Crippen LogP contribution < -0.4 is 5.32 Å². The summed E-state index contributed by atoms with van der Waals surface area (Å²) < 4.78 is 0. The van der Waals surface area contributed by atoms with Crippen LogP contribution in [0.2, 0.25) is 0 Å². The van der Waals surface area contributed by atoms with Gasteiger partial charge in [-0.25, -0.2) is 0 Å². The molecule has 1 aromatic heterocycles. The van der Waals surface area contributed by atoms with Crippen LogP contribution in [-0.4, -0.2) is 10.2 Å². The van der Waals surface area contributed by atoms with Crippen molar-refractivity contribution in [2.45, 2.75) is 19.5 Å². The van der Waals surface area contributed by atoms with E-state index in [1.165, 1.54) is 22.3 Å². The molecule has 0 amide bonds. The van der Waals surface area contributed by atoms with Crippen LogP contribution in [0.3, 0.4) is 0 Å². The van der Waals surface area contributed by atoms with Crippen molar-refractivity contribution in [2.75, 3.05) is 0 Å². The van der Waals surface area contributed by atoms with E-state index >= 15 is 0 Å². The zero-order valence-electron chi connectivity index (χ0n) is 12.1. The minimum absolute atomic E-state index is 0.289. The molecule has 3 aromatic rings. The van der Waals surface area contributed by atoms with Gasteiger partial charge in [0.1, 0.15) is 0 Å². The molecule has 1 unspecified atom stereocenters. The molecular formula is C18H19N3. The van der Waals surface area contributed by atoms with Crippen molar-refractivity contribution < 1.29 is 0 Å². The van der Waals surface area contributed by atoms with Gasteiger partial charge in [0, 0.05) is 24.3 Å². The highest BCUT2D eigenvalue weighted by Gasteiger charge is 2.05. The van der Waals surface area contributed by atoms with Crippen molar-refractivity contribution in [2.24, 2.45) is 0 Å². The van der Waals surface area contributed by atoms with Gasteiger partial charge in [0.05, 0.1) is 6.20 Å². The second kappa shape index (κ2) is 6.37. The lowest BCUT2D eigenvalue weighted by molar-refractivity contribution is 0.575. The predicted molar refractivity (Wildman–Crippen MR) is 85.7 cm³/mol. The van der Waals surface area contributed by atoms with Crippen LogP contribution in [0.4, 0.5) is 0 Å². The number of hydrogen-bond acceptors (Lipinski definition) is 2. The molecule has 3 heteroatoms. The van der Waals surface area contributed by atoms with Crippen LogP contribution in [0.15, 0.2) is 67.0 Å². The van der Waals surface area contributed by atoms with E-state index in [0.29, 0.717) is 0 Å². The zero-order chi connectivity index (χ0) is 14.5. The van der Waals surface area contributed by atoms with E-state index in [9.17, 15) is 0 Å². The third-order valence-electron chi connectivity index (χ3n) is 3.69. The molecule has 3 nitrogen and oxygen atoms in total. The lowest BCUT2D eigenvalue weighted by Gasteiger charge is -2.12. The van der Waals surface area contributed by atoms with Gasteiger partial charge in [0.25, 0.3) is 0 Å². The Kier molecular flexibility index (Phi) is 4.12. The summed E-state index contributed by atoms with van der Waals surface area (Å²) in [6.45, 7) is 2.99. The van der Waals surface area contributed by atoms with Crippen molar-refractivity contribution in [1.82, 2.24) is 15.5 Å². The monoisotopic (exact) mass is 277 g/mol. The smallest absolute Gasteiger partial charge is 0.0534 e. The molecule has 0 aliphatic heterocycles. The first-order valence-corrected chi connectivity index (χ1v) is 7.19. The molecule has 0 spiro atoms. The Labute approximate surface area is 125 Å². The molecule has 1 heterocycles. The Morgan fingerprint density at radius 1 is 1.00 bits per heavy atom. The first-order valence-electron chi connectivity index (χ1n) is 7.19. The van der Waals surface area contributed by atoms with E-state index in [-0.39, 0.29) is 6.04 Å². The Morgan fingerprint density at radius 3 is 2.38 bits per heavy atom. The molecule has 2 N–H and O–H groups in total. The highest BCUT2D eigenvalue weighted by Crippen LogP contribution is 2.19. The quantitative estimate of drug-likeness (QED) is 0.742. The fraction of sp³-hybridized carbons (Fsp3) is 0.167. The predicted octanol–water partition coefficient (Wildman–Crippen LogP) is 3.93. The Hall–Kier alpha value is -2.39. The SMILES string of the molecule is CC(NCc1ccc(-c2ccccc2)cc1)c1cn[nH]c1. The summed E-state index contributed by atoms with van der Waals surface area (Å²) in [5.41, 5.74) is 4.96. The molecule has 3 rings (SSSR count). The summed E-state index contributed by atoms with van der Waals surface area (Å²) >= 11 is 0. The van der Waals surface area contributed by atoms with Crippen molar-refractivity contribution in [1.29, 1.82) is 0 Å². The number of nitrogens with one attached hydrogen (secondary N) is 2. The van der Waals surface area contributed by atoms with Gasteiger partial charge in [0.2, 0.25) is 0 Å². The molecule has 106 valence electrons. The first kappa shape index (κ1) is 13.6. The van der Waals surface area contributed by atoms with Crippen LogP contribution in [0.1, 0.15) is 24.1 Å². The van der Waals surface area contributed by atoms with E-state index in [2.05, 4.69) is 71.0 Å². The molecule has 0 aliphatic carbocycles. The highest BCUT2D eigenvalue weighted by atomic mass is 15.1. The second-order valence-electron chi connectivity index (χ2n) is 5.20. The largest absolute Gasteiger partial charge is 0.306 e. The molecule has 0 fully saturated rings. The summed E-state index contributed by atoms with van der Waals surface area (Å²) in [5, 5.41) is 10.3. The van der Waals surface area contributed by atoms with Gasteiger partial charge in [-0.15, -0.1) is 0 Å². The number of H-pyrrole nitrogens is 1. The minimum Gasteiger partial charge on any atom is -0.306 e. The molecular weight excluding hydrogens is 258 g/mol. The molecule has 0 bridgehead atoms. The van der Waals surface area contributed by atoms with E-state index in [1.54, 1.807) is 0 Å². The second-order valence-corrected chi connectivity index (χ2v) is 5.20. The number of benzene rings is 2. The molecule has 0 saturated carbocycles. The Balaban J connectivity index is 1.62. The first-order chi connectivity index (χ1) is 10.3. The summed E-state index contributed by atoms with van der Waals surface area (Å²) in [6.07, 6.45) is 3.78. The fourth-order valence-corrected chi connectivity index (χ4v) is 2.33. The van der Waals surface area contributed by atoms with E-state index in [4.69, 9.17) is 0 Å². The van der Waals surface area contributed by atoms with Crippen LogP contribution in [0.25, 0.3) is 11.1 Å². The van der Waals surface area contributed by atoms with Gasteiger partial charge in [0.15, 0.2) is 0 Å². The number of nitrogens with zero attached hydrogens (tertiary/aromatic N) is 1. The maximum atomic E-state index is 3.98.